The fourth-order valence-corrected chi connectivity index (χ4v) is 6.72. The topological polar surface area (TPSA) is 111 Å². The molecule has 1 aromatic rings. The van der Waals surface area contributed by atoms with Crippen molar-refractivity contribution in [2.24, 2.45) is 11.3 Å². The number of nitrogens with zero attached hydrogens (tertiary/aromatic N) is 3. The Morgan fingerprint density at radius 1 is 1.05 bits per heavy atom. The van der Waals surface area contributed by atoms with Crippen molar-refractivity contribution in [3.8, 4) is 0 Å². The SMILES string of the molecule is CC(C)(C)OC(=O)N1CCC(CN2CCC3(CC2)CCN(c2ccc(C(=O)NC4CCC(=O)NC4=O)c(F)c2)C3)CC1. The number of ether oxygens (including phenoxy) is 1. The van der Waals surface area contributed by atoms with Gasteiger partial charge in [-0.05, 0) is 102 Å². The van der Waals surface area contributed by atoms with Crippen LogP contribution in [0.15, 0.2) is 18.2 Å². The van der Waals surface area contributed by atoms with Gasteiger partial charge in [0.25, 0.3) is 5.91 Å². The summed E-state index contributed by atoms with van der Waals surface area (Å²) in [5.74, 6) is -1.62. The van der Waals surface area contributed by atoms with E-state index < -0.39 is 29.3 Å². The summed E-state index contributed by atoms with van der Waals surface area (Å²) in [5, 5.41) is 4.74. The summed E-state index contributed by atoms with van der Waals surface area (Å²) in [5.41, 5.74) is 0.402. The Hall–Kier alpha value is -3.21. The van der Waals surface area contributed by atoms with Crippen LogP contribution < -0.4 is 15.5 Å². The van der Waals surface area contributed by atoms with Gasteiger partial charge in [-0.15, -0.1) is 0 Å². The number of rotatable bonds is 5. The van der Waals surface area contributed by atoms with Crippen LogP contribution in [0.2, 0.25) is 0 Å². The number of carbonyl (C=O) groups is 4. The molecule has 1 aromatic carbocycles. The molecule has 230 valence electrons. The number of imide groups is 1. The van der Waals surface area contributed by atoms with Crippen LogP contribution in [0, 0.1) is 17.2 Å². The Bertz CT molecular complexity index is 1200. The van der Waals surface area contributed by atoms with Gasteiger partial charge >= 0.3 is 6.09 Å². The average Bonchev–Trinajstić information content (AvgIpc) is 3.34. The average molecular weight is 586 g/mol. The molecule has 4 heterocycles. The molecule has 0 bridgehead atoms. The first-order valence-electron chi connectivity index (χ1n) is 15.3. The van der Waals surface area contributed by atoms with Crippen LogP contribution in [0.3, 0.4) is 0 Å². The molecule has 4 amide bonds. The zero-order valence-electron chi connectivity index (χ0n) is 25.0. The lowest BCUT2D eigenvalue weighted by Crippen LogP contribution is -2.52. The van der Waals surface area contributed by atoms with Gasteiger partial charge in [0, 0.05) is 44.8 Å². The third-order valence-electron chi connectivity index (χ3n) is 9.24. The van der Waals surface area contributed by atoms with E-state index in [0.717, 1.165) is 83.6 Å². The Morgan fingerprint density at radius 3 is 2.38 bits per heavy atom. The van der Waals surface area contributed by atoms with Gasteiger partial charge in [-0.2, -0.15) is 0 Å². The number of anilines is 1. The fourth-order valence-electron chi connectivity index (χ4n) is 6.72. The molecule has 0 aliphatic carbocycles. The Balaban J connectivity index is 1.07. The van der Waals surface area contributed by atoms with Crippen molar-refractivity contribution in [2.75, 3.05) is 50.7 Å². The van der Waals surface area contributed by atoms with E-state index in [9.17, 15) is 19.2 Å². The highest BCUT2D eigenvalue weighted by atomic mass is 19.1. The number of piperidine rings is 3. The second kappa shape index (κ2) is 12.2. The van der Waals surface area contributed by atoms with E-state index >= 15 is 4.39 Å². The smallest absolute Gasteiger partial charge is 0.410 e. The number of benzene rings is 1. The van der Waals surface area contributed by atoms with E-state index in [1.165, 1.54) is 12.1 Å². The quantitative estimate of drug-likeness (QED) is 0.510. The molecule has 0 radical (unpaired) electrons. The van der Waals surface area contributed by atoms with Crippen molar-refractivity contribution in [1.29, 1.82) is 0 Å². The van der Waals surface area contributed by atoms with E-state index in [0.29, 0.717) is 5.92 Å². The molecule has 42 heavy (non-hydrogen) atoms. The third kappa shape index (κ3) is 7.22. The highest BCUT2D eigenvalue weighted by Gasteiger charge is 2.41. The standard InChI is InChI=1S/C31H44FN5O5/c1-30(2,3)42-29(41)36-13-8-21(9-14-36)19-35-15-10-31(11-16-35)12-17-37(20-31)22-4-5-23(24(32)18-22)27(39)33-25-6-7-26(38)34-28(25)40/h4-5,18,21,25H,6-17,19-20H2,1-3H3,(H,33,39)(H,34,38,40). The highest BCUT2D eigenvalue weighted by Crippen LogP contribution is 2.42. The molecular formula is C31H44FN5O5. The first-order valence-corrected chi connectivity index (χ1v) is 15.3. The molecule has 4 aliphatic rings. The summed E-state index contributed by atoms with van der Waals surface area (Å²) in [4.78, 5) is 54.9. The molecule has 4 saturated heterocycles. The molecule has 1 atom stereocenters. The summed E-state index contributed by atoms with van der Waals surface area (Å²) < 4.78 is 20.6. The minimum Gasteiger partial charge on any atom is -0.444 e. The number of carbonyl (C=O) groups excluding carboxylic acids is 4. The van der Waals surface area contributed by atoms with Crippen LogP contribution in [0.5, 0.6) is 0 Å². The number of hydrogen-bond donors (Lipinski definition) is 2. The van der Waals surface area contributed by atoms with Crippen molar-refractivity contribution in [3.63, 3.8) is 0 Å². The Kier molecular flexibility index (Phi) is 8.78. The molecule has 1 unspecified atom stereocenters. The molecule has 4 fully saturated rings. The van der Waals surface area contributed by atoms with Crippen LogP contribution in [-0.2, 0) is 14.3 Å². The fraction of sp³-hybridized carbons (Fsp3) is 0.677. The van der Waals surface area contributed by atoms with E-state index in [-0.39, 0.29) is 35.8 Å². The molecule has 0 saturated carbocycles. The summed E-state index contributed by atoms with van der Waals surface area (Å²) in [6.07, 6.45) is 5.41. The van der Waals surface area contributed by atoms with Crippen molar-refractivity contribution in [2.45, 2.75) is 77.4 Å². The zero-order chi connectivity index (χ0) is 30.1. The maximum Gasteiger partial charge on any atom is 0.410 e. The third-order valence-corrected chi connectivity index (χ3v) is 9.24. The van der Waals surface area contributed by atoms with Gasteiger partial charge in [0.2, 0.25) is 11.8 Å². The maximum atomic E-state index is 15.0. The summed E-state index contributed by atoms with van der Waals surface area (Å²) in [7, 11) is 0. The molecule has 5 rings (SSSR count). The van der Waals surface area contributed by atoms with E-state index in [2.05, 4.69) is 20.4 Å². The molecule has 0 aromatic heterocycles. The van der Waals surface area contributed by atoms with Crippen molar-refractivity contribution >= 4 is 29.5 Å². The largest absolute Gasteiger partial charge is 0.444 e. The summed E-state index contributed by atoms with van der Waals surface area (Å²) >= 11 is 0. The second-order valence-electron chi connectivity index (χ2n) is 13.5. The van der Waals surface area contributed by atoms with Gasteiger partial charge in [0.1, 0.15) is 17.5 Å². The Morgan fingerprint density at radius 2 is 1.74 bits per heavy atom. The molecular weight excluding hydrogens is 541 g/mol. The number of hydrogen-bond acceptors (Lipinski definition) is 7. The van der Waals surface area contributed by atoms with Crippen LogP contribution in [0.4, 0.5) is 14.9 Å². The predicted molar refractivity (Wildman–Crippen MR) is 156 cm³/mol. The number of nitrogens with one attached hydrogen (secondary N) is 2. The zero-order valence-corrected chi connectivity index (χ0v) is 25.0. The van der Waals surface area contributed by atoms with Crippen LogP contribution in [0.1, 0.15) is 76.1 Å². The molecule has 10 nitrogen and oxygen atoms in total. The van der Waals surface area contributed by atoms with Gasteiger partial charge in [-0.3, -0.25) is 19.7 Å². The van der Waals surface area contributed by atoms with Crippen LogP contribution in [0.25, 0.3) is 0 Å². The number of halogens is 1. The molecule has 4 aliphatic heterocycles. The minimum atomic E-state index is -0.844. The monoisotopic (exact) mass is 585 g/mol. The number of likely N-dealkylation sites (tertiary alicyclic amines) is 2. The molecule has 1 spiro atoms. The van der Waals surface area contributed by atoms with E-state index in [1.807, 2.05) is 25.7 Å². The van der Waals surface area contributed by atoms with Crippen molar-refractivity contribution < 1.29 is 28.3 Å². The van der Waals surface area contributed by atoms with E-state index in [4.69, 9.17) is 4.74 Å². The lowest BCUT2D eigenvalue weighted by atomic mass is 9.77. The second-order valence-corrected chi connectivity index (χ2v) is 13.5. The van der Waals surface area contributed by atoms with Gasteiger partial charge in [0.05, 0.1) is 5.56 Å². The van der Waals surface area contributed by atoms with Gasteiger partial charge in [-0.25, -0.2) is 9.18 Å². The van der Waals surface area contributed by atoms with Gasteiger partial charge < -0.3 is 24.8 Å². The summed E-state index contributed by atoms with van der Waals surface area (Å²) in [6.45, 7) is 12.1. The van der Waals surface area contributed by atoms with Crippen LogP contribution in [-0.4, -0.2) is 91.1 Å². The van der Waals surface area contributed by atoms with E-state index in [1.54, 1.807) is 6.07 Å². The predicted octanol–water partition coefficient (Wildman–Crippen LogP) is 3.30. The number of amides is 4. The van der Waals surface area contributed by atoms with Crippen LogP contribution >= 0.6 is 0 Å². The lowest BCUT2D eigenvalue weighted by molar-refractivity contribution is -0.134. The van der Waals surface area contributed by atoms with Crippen molar-refractivity contribution in [1.82, 2.24) is 20.4 Å². The lowest BCUT2D eigenvalue weighted by Gasteiger charge is -2.42. The normalized spacial score (nSPS) is 23.7. The van der Waals surface area contributed by atoms with Crippen molar-refractivity contribution in [3.05, 3.63) is 29.6 Å². The molecule has 11 heteroatoms. The summed E-state index contributed by atoms with van der Waals surface area (Å²) in [6, 6.07) is 3.83. The maximum absolute atomic E-state index is 15.0. The highest BCUT2D eigenvalue weighted by molar-refractivity contribution is 6.03. The molecule has 2 N–H and O–H groups in total. The first kappa shape index (κ1) is 30.3. The Labute approximate surface area is 247 Å². The first-order chi connectivity index (χ1) is 19.9. The van der Waals surface area contributed by atoms with Gasteiger partial charge in [0.15, 0.2) is 0 Å². The minimum absolute atomic E-state index is 0.109. The van der Waals surface area contributed by atoms with Gasteiger partial charge in [-0.1, -0.05) is 0 Å².